The predicted molar refractivity (Wildman–Crippen MR) is 114 cm³/mol. The summed E-state index contributed by atoms with van der Waals surface area (Å²) in [6.07, 6.45) is 6.46. The van der Waals surface area contributed by atoms with Crippen molar-refractivity contribution < 1.29 is 4.79 Å². The Balaban J connectivity index is 1.44. The van der Waals surface area contributed by atoms with Gasteiger partial charge in [0, 0.05) is 48.8 Å². The van der Waals surface area contributed by atoms with Crippen molar-refractivity contribution in [3.05, 3.63) is 60.3 Å². The lowest BCUT2D eigenvalue weighted by atomic mass is 10.1. The van der Waals surface area contributed by atoms with Gasteiger partial charge in [-0.2, -0.15) is 0 Å². The number of H-pyrrole nitrogens is 1. The predicted octanol–water partition coefficient (Wildman–Crippen LogP) is 4.20. The number of para-hydroxylation sites is 1. The molecule has 1 aromatic carbocycles. The molecule has 0 bridgehead atoms. The largest absolute Gasteiger partial charge is 0.360 e. The maximum absolute atomic E-state index is 13.2. The molecule has 0 spiro atoms. The monoisotopic (exact) mass is 387 g/mol. The first-order valence-electron chi connectivity index (χ1n) is 10.3. The molecule has 3 aromatic heterocycles. The molecule has 29 heavy (non-hydrogen) atoms. The van der Waals surface area contributed by atoms with Crippen molar-refractivity contribution in [1.82, 2.24) is 24.4 Å². The van der Waals surface area contributed by atoms with Crippen molar-refractivity contribution in [3.63, 3.8) is 0 Å². The Hall–Kier alpha value is -3.15. The zero-order chi connectivity index (χ0) is 20.0. The molecule has 1 unspecified atom stereocenters. The quantitative estimate of drug-likeness (QED) is 0.571. The summed E-state index contributed by atoms with van der Waals surface area (Å²) in [4.78, 5) is 27.6. The summed E-state index contributed by atoms with van der Waals surface area (Å²) >= 11 is 0. The normalized spacial score (nSPS) is 17.1. The highest BCUT2D eigenvalue weighted by Gasteiger charge is 2.32. The van der Waals surface area contributed by atoms with Crippen LogP contribution in [-0.2, 0) is 6.54 Å². The third kappa shape index (κ3) is 3.09. The second-order valence-corrected chi connectivity index (χ2v) is 8.32. The number of likely N-dealkylation sites (tertiary alicyclic amines) is 1. The number of nitrogens with one attached hydrogen (secondary N) is 1. The third-order valence-electron chi connectivity index (χ3n) is 5.79. The third-order valence-corrected chi connectivity index (χ3v) is 5.79. The summed E-state index contributed by atoms with van der Waals surface area (Å²) in [7, 11) is 0. The number of aromatic nitrogens is 4. The number of carbonyl (C=O) groups is 1. The Morgan fingerprint density at radius 3 is 3.00 bits per heavy atom. The van der Waals surface area contributed by atoms with Gasteiger partial charge in [0.25, 0.3) is 5.91 Å². The summed E-state index contributed by atoms with van der Waals surface area (Å²) in [5, 5.41) is 0.985. The van der Waals surface area contributed by atoms with Crippen LogP contribution < -0.4 is 0 Å². The lowest BCUT2D eigenvalue weighted by molar-refractivity contribution is 0.0792. The Morgan fingerprint density at radius 1 is 1.28 bits per heavy atom. The standard InChI is InChI=1S/C23H25N5O/c1-15(2)13-28-21-12-24-9-7-20(21)26-22(28)16-8-10-27(14-16)23(29)18-11-25-19-6-4-3-5-17(18)19/h3-7,9,11-12,15-16,25H,8,10,13-14H2,1-2H3. The van der Waals surface area contributed by atoms with Crippen molar-refractivity contribution in [2.24, 2.45) is 5.92 Å². The van der Waals surface area contributed by atoms with Crippen molar-refractivity contribution in [3.8, 4) is 0 Å². The van der Waals surface area contributed by atoms with E-state index in [1.807, 2.05) is 47.6 Å². The minimum Gasteiger partial charge on any atom is -0.360 e. The van der Waals surface area contributed by atoms with Crippen LogP contribution in [0.4, 0.5) is 0 Å². The second kappa shape index (κ2) is 7.03. The number of pyridine rings is 1. The first-order chi connectivity index (χ1) is 14.1. The maximum Gasteiger partial charge on any atom is 0.256 e. The van der Waals surface area contributed by atoms with Gasteiger partial charge in [0.15, 0.2) is 0 Å². The molecule has 4 aromatic rings. The van der Waals surface area contributed by atoms with Crippen molar-refractivity contribution >= 4 is 27.8 Å². The molecule has 1 saturated heterocycles. The van der Waals surface area contributed by atoms with Gasteiger partial charge in [-0.15, -0.1) is 0 Å². The van der Waals surface area contributed by atoms with Crippen LogP contribution in [0.15, 0.2) is 48.9 Å². The van der Waals surface area contributed by atoms with Crippen molar-refractivity contribution in [2.75, 3.05) is 13.1 Å². The molecule has 0 saturated carbocycles. The highest BCUT2D eigenvalue weighted by atomic mass is 16.2. The lowest BCUT2D eigenvalue weighted by Crippen LogP contribution is -2.28. The van der Waals surface area contributed by atoms with Gasteiger partial charge in [-0.05, 0) is 24.5 Å². The van der Waals surface area contributed by atoms with E-state index in [0.29, 0.717) is 12.5 Å². The molecule has 148 valence electrons. The average molecular weight is 387 g/mol. The van der Waals surface area contributed by atoms with E-state index in [1.54, 1.807) is 6.20 Å². The minimum absolute atomic E-state index is 0.0955. The average Bonchev–Trinajstić information content (AvgIpc) is 3.44. The highest BCUT2D eigenvalue weighted by Crippen LogP contribution is 2.31. The number of hydrogen-bond donors (Lipinski definition) is 1. The molecule has 5 rings (SSSR count). The van der Waals surface area contributed by atoms with Crippen LogP contribution >= 0.6 is 0 Å². The molecular formula is C23H25N5O. The fourth-order valence-corrected chi connectivity index (χ4v) is 4.43. The molecule has 6 nitrogen and oxygen atoms in total. The Morgan fingerprint density at radius 2 is 2.14 bits per heavy atom. The summed E-state index contributed by atoms with van der Waals surface area (Å²) < 4.78 is 2.30. The summed E-state index contributed by atoms with van der Waals surface area (Å²) in [5.41, 5.74) is 3.81. The zero-order valence-electron chi connectivity index (χ0n) is 16.8. The molecule has 1 aliphatic heterocycles. The zero-order valence-corrected chi connectivity index (χ0v) is 16.8. The molecule has 1 N–H and O–H groups in total. The van der Waals surface area contributed by atoms with Gasteiger partial charge < -0.3 is 14.5 Å². The molecule has 0 radical (unpaired) electrons. The van der Waals surface area contributed by atoms with E-state index < -0.39 is 0 Å². The van der Waals surface area contributed by atoms with E-state index in [9.17, 15) is 4.79 Å². The number of fused-ring (bicyclic) bond motifs is 2. The topological polar surface area (TPSA) is 66.8 Å². The number of aromatic amines is 1. The van der Waals surface area contributed by atoms with Gasteiger partial charge in [-0.25, -0.2) is 4.98 Å². The van der Waals surface area contributed by atoms with Gasteiger partial charge in [0.1, 0.15) is 5.82 Å². The number of hydrogen-bond acceptors (Lipinski definition) is 3. The molecule has 4 heterocycles. The van der Waals surface area contributed by atoms with Crippen molar-refractivity contribution in [1.29, 1.82) is 0 Å². The minimum atomic E-state index is 0.0955. The Labute approximate surface area is 169 Å². The molecule has 1 aliphatic rings. The van der Waals surface area contributed by atoms with E-state index in [0.717, 1.165) is 52.8 Å². The van der Waals surface area contributed by atoms with Crippen LogP contribution in [-0.4, -0.2) is 43.4 Å². The molecule has 1 amide bonds. The second-order valence-electron chi connectivity index (χ2n) is 8.32. The van der Waals surface area contributed by atoms with Crippen LogP contribution in [0.1, 0.15) is 42.4 Å². The Bertz CT molecular complexity index is 1190. The number of amides is 1. The maximum atomic E-state index is 13.2. The van der Waals surface area contributed by atoms with Crippen LogP contribution in [0.3, 0.4) is 0 Å². The SMILES string of the molecule is CC(C)Cn1c(C2CCN(C(=O)c3c[nH]c4ccccc34)C2)nc2ccncc21. The summed E-state index contributed by atoms with van der Waals surface area (Å²) in [5.74, 6) is 1.93. The highest BCUT2D eigenvalue weighted by molar-refractivity contribution is 6.06. The smallest absolute Gasteiger partial charge is 0.256 e. The number of nitrogens with zero attached hydrogens (tertiary/aromatic N) is 4. The van der Waals surface area contributed by atoms with Gasteiger partial charge in [0.2, 0.25) is 0 Å². The van der Waals surface area contributed by atoms with Crippen LogP contribution in [0, 0.1) is 5.92 Å². The van der Waals surface area contributed by atoms with E-state index in [2.05, 4.69) is 28.4 Å². The molecule has 6 heteroatoms. The number of carbonyl (C=O) groups excluding carboxylic acids is 1. The van der Waals surface area contributed by atoms with E-state index in [-0.39, 0.29) is 11.8 Å². The van der Waals surface area contributed by atoms with Crippen molar-refractivity contribution in [2.45, 2.75) is 32.7 Å². The van der Waals surface area contributed by atoms with Gasteiger partial charge in [-0.3, -0.25) is 9.78 Å². The Kier molecular flexibility index (Phi) is 4.34. The summed E-state index contributed by atoms with van der Waals surface area (Å²) in [6, 6.07) is 9.93. The lowest BCUT2D eigenvalue weighted by Gasteiger charge is -2.18. The first kappa shape index (κ1) is 17.9. The molecular weight excluding hydrogens is 362 g/mol. The van der Waals surface area contributed by atoms with Crippen LogP contribution in [0.5, 0.6) is 0 Å². The fourth-order valence-electron chi connectivity index (χ4n) is 4.43. The first-order valence-corrected chi connectivity index (χ1v) is 10.3. The fraction of sp³-hybridized carbons (Fsp3) is 0.348. The number of imidazole rings is 1. The number of rotatable bonds is 4. The van der Waals surface area contributed by atoms with Crippen LogP contribution in [0.25, 0.3) is 21.9 Å². The molecule has 0 aliphatic carbocycles. The van der Waals surface area contributed by atoms with E-state index in [4.69, 9.17) is 4.98 Å². The van der Waals surface area contributed by atoms with Gasteiger partial charge in [0.05, 0.1) is 22.8 Å². The molecule has 1 fully saturated rings. The van der Waals surface area contributed by atoms with E-state index in [1.165, 1.54) is 0 Å². The van der Waals surface area contributed by atoms with Crippen LogP contribution in [0.2, 0.25) is 0 Å². The van der Waals surface area contributed by atoms with Gasteiger partial charge in [-0.1, -0.05) is 32.0 Å². The molecule has 1 atom stereocenters. The van der Waals surface area contributed by atoms with E-state index >= 15 is 0 Å². The van der Waals surface area contributed by atoms with Gasteiger partial charge >= 0.3 is 0 Å². The summed E-state index contributed by atoms with van der Waals surface area (Å²) in [6.45, 7) is 6.80. The number of benzene rings is 1.